The molecule has 0 saturated carbocycles. The maximum atomic E-state index is 11.3. The third-order valence-corrected chi connectivity index (χ3v) is 2.63. The molecule has 4 nitrogen and oxygen atoms in total. The first kappa shape index (κ1) is 9.71. The molecular formula is C11H12N2O2. The molecule has 0 spiro atoms. The number of nitrogens with two attached hydrogens (primary N) is 1. The molecule has 2 rings (SSSR count). The van der Waals surface area contributed by atoms with E-state index < -0.39 is 5.91 Å². The number of fused-ring (bicyclic) bond motifs is 1. The SMILES string of the molecule is CC1CC(=O)Nc2ccc(C(N)=O)cc21. The molecule has 3 N–H and O–H groups in total. The molecule has 0 saturated heterocycles. The maximum Gasteiger partial charge on any atom is 0.248 e. The van der Waals surface area contributed by atoms with Gasteiger partial charge in [0.1, 0.15) is 0 Å². The first-order valence-electron chi connectivity index (χ1n) is 4.81. The van der Waals surface area contributed by atoms with Gasteiger partial charge in [0.05, 0.1) is 0 Å². The second-order valence-electron chi connectivity index (χ2n) is 3.82. The monoisotopic (exact) mass is 204 g/mol. The van der Waals surface area contributed by atoms with Crippen LogP contribution in [0.15, 0.2) is 18.2 Å². The third-order valence-electron chi connectivity index (χ3n) is 2.63. The highest BCUT2D eigenvalue weighted by molar-refractivity contribution is 5.97. The molecule has 1 heterocycles. The maximum absolute atomic E-state index is 11.3. The van der Waals surface area contributed by atoms with Crippen LogP contribution in [-0.2, 0) is 4.79 Å². The highest BCUT2D eigenvalue weighted by atomic mass is 16.2. The van der Waals surface area contributed by atoms with Crippen LogP contribution in [0.2, 0.25) is 0 Å². The van der Waals surface area contributed by atoms with E-state index in [1.165, 1.54) is 0 Å². The Morgan fingerprint density at radius 1 is 1.53 bits per heavy atom. The van der Waals surface area contributed by atoms with Crippen molar-refractivity contribution in [3.63, 3.8) is 0 Å². The first-order valence-corrected chi connectivity index (χ1v) is 4.81. The van der Waals surface area contributed by atoms with Crippen molar-refractivity contribution in [1.82, 2.24) is 0 Å². The average Bonchev–Trinajstić information content (AvgIpc) is 2.16. The Bertz CT molecular complexity index is 440. The van der Waals surface area contributed by atoms with E-state index in [1.807, 2.05) is 6.92 Å². The molecule has 15 heavy (non-hydrogen) atoms. The molecule has 1 aliphatic heterocycles. The largest absolute Gasteiger partial charge is 0.366 e. The molecule has 78 valence electrons. The van der Waals surface area contributed by atoms with E-state index in [2.05, 4.69) is 5.32 Å². The van der Waals surface area contributed by atoms with Crippen molar-refractivity contribution >= 4 is 17.5 Å². The summed E-state index contributed by atoms with van der Waals surface area (Å²) in [7, 11) is 0. The van der Waals surface area contributed by atoms with Crippen LogP contribution in [0.3, 0.4) is 0 Å². The molecule has 0 aliphatic carbocycles. The normalized spacial score (nSPS) is 19.3. The lowest BCUT2D eigenvalue weighted by Crippen LogP contribution is -2.22. The van der Waals surface area contributed by atoms with Crippen LogP contribution in [0.25, 0.3) is 0 Å². The van der Waals surface area contributed by atoms with Crippen molar-refractivity contribution in [1.29, 1.82) is 0 Å². The van der Waals surface area contributed by atoms with Gasteiger partial charge in [-0.2, -0.15) is 0 Å². The lowest BCUT2D eigenvalue weighted by atomic mass is 9.91. The zero-order valence-corrected chi connectivity index (χ0v) is 8.41. The topological polar surface area (TPSA) is 72.2 Å². The minimum Gasteiger partial charge on any atom is -0.366 e. The minimum absolute atomic E-state index is 0.0156. The fourth-order valence-corrected chi connectivity index (χ4v) is 1.83. The highest BCUT2D eigenvalue weighted by Gasteiger charge is 2.22. The van der Waals surface area contributed by atoms with E-state index in [4.69, 9.17) is 5.73 Å². The number of nitrogens with one attached hydrogen (secondary N) is 1. The highest BCUT2D eigenvalue weighted by Crippen LogP contribution is 2.32. The number of carbonyl (C=O) groups is 2. The van der Waals surface area contributed by atoms with E-state index >= 15 is 0 Å². The molecule has 2 amide bonds. The van der Waals surface area contributed by atoms with Gasteiger partial charge in [0.25, 0.3) is 0 Å². The Morgan fingerprint density at radius 3 is 2.93 bits per heavy atom. The summed E-state index contributed by atoms with van der Waals surface area (Å²) in [6, 6.07) is 5.10. The molecule has 0 fully saturated rings. The second kappa shape index (κ2) is 3.38. The number of hydrogen-bond acceptors (Lipinski definition) is 2. The van der Waals surface area contributed by atoms with Gasteiger partial charge in [0, 0.05) is 17.7 Å². The van der Waals surface area contributed by atoms with Gasteiger partial charge in [-0.05, 0) is 29.7 Å². The van der Waals surface area contributed by atoms with Gasteiger partial charge in [-0.3, -0.25) is 9.59 Å². The Labute approximate surface area is 87.5 Å². The molecule has 1 atom stereocenters. The summed E-state index contributed by atoms with van der Waals surface area (Å²) in [6.45, 7) is 1.96. The summed E-state index contributed by atoms with van der Waals surface area (Å²) in [5.41, 5.74) is 7.44. The Morgan fingerprint density at radius 2 is 2.27 bits per heavy atom. The first-order chi connectivity index (χ1) is 7.08. The zero-order valence-electron chi connectivity index (χ0n) is 8.41. The predicted molar refractivity (Wildman–Crippen MR) is 56.6 cm³/mol. The standard InChI is InChI=1S/C11H12N2O2/c1-6-4-10(14)13-9-3-2-7(11(12)15)5-8(6)9/h2-3,5-6H,4H2,1H3,(H2,12,15)(H,13,14). The van der Waals surface area contributed by atoms with Gasteiger partial charge in [0.2, 0.25) is 11.8 Å². The molecule has 1 aliphatic rings. The summed E-state index contributed by atoms with van der Waals surface area (Å²) in [4.78, 5) is 22.2. The van der Waals surface area contributed by atoms with E-state index in [9.17, 15) is 9.59 Å². The fourth-order valence-electron chi connectivity index (χ4n) is 1.83. The van der Waals surface area contributed by atoms with Crippen LogP contribution in [0, 0.1) is 0 Å². The number of carbonyl (C=O) groups excluding carboxylic acids is 2. The predicted octanol–water partition coefficient (Wildman–Crippen LogP) is 1.23. The smallest absolute Gasteiger partial charge is 0.248 e. The molecule has 0 radical (unpaired) electrons. The van der Waals surface area contributed by atoms with Crippen molar-refractivity contribution in [2.45, 2.75) is 19.3 Å². The number of anilines is 1. The van der Waals surface area contributed by atoms with Crippen molar-refractivity contribution in [3.8, 4) is 0 Å². The summed E-state index contributed by atoms with van der Waals surface area (Å²) in [5.74, 6) is -0.295. The third kappa shape index (κ3) is 1.70. The summed E-state index contributed by atoms with van der Waals surface area (Å²) >= 11 is 0. The lowest BCUT2D eigenvalue weighted by Gasteiger charge is -2.22. The molecule has 1 unspecified atom stereocenters. The number of rotatable bonds is 1. The summed E-state index contributed by atoms with van der Waals surface area (Å²) in [6.07, 6.45) is 0.454. The van der Waals surface area contributed by atoms with Crippen LogP contribution < -0.4 is 11.1 Å². The van der Waals surface area contributed by atoms with Gasteiger partial charge in [-0.15, -0.1) is 0 Å². The molecule has 4 heteroatoms. The Kier molecular flexibility index (Phi) is 2.19. The zero-order chi connectivity index (χ0) is 11.0. The number of primary amides is 1. The fraction of sp³-hybridized carbons (Fsp3) is 0.273. The second-order valence-corrected chi connectivity index (χ2v) is 3.82. The summed E-state index contributed by atoms with van der Waals surface area (Å²) < 4.78 is 0. The van der Waals surface area contributed by atoms with Gasteiger partial charge < -0.3 is 11.1 Å². The van der Waals surface area contributed by atoms with Crippen molar-refractivity contribution < 1.29 is 9.59 Å². The lowest BCUT2D eigenvalue weighted by molar-refractivity contribution is -0.116. The minimum atomic E-state index is -0.443. The van der Waals surface area contributed by atoms with Gasteiger partial charge in [-0.25, -0.2) is 0 Å². The van der Waals surface area contributed by atoms with Crippen molar-refractivity contribution in [2.75, 3.05) is 5.32 Å². The van der Waals surface area contributed by atoms with Crippen LogP contribution >= 0.6 is 0 Å². The van der Waals surface area contributed by atoms with E-state index in [0.29, 0.717) is 12.0 Å². The van der Waals surface area contributed by atoms with E-state index in [1.54, 1.807) is 18.2 Å². The van der Waals surface area contributed by atoms with Gasteiger partial charge >= 0.3 is 0 Å². The Balaban J connectivity index is 2.48. The molecule has 0 aromatic heterocycles. The van der Waals surface area contributed by atoms with Crippen LogP contribution in [0.1, 0.15) is 35.2 Å². The van der Waals surface area contributed by atoms with Crippen LogP contribution in [0.4, 0.5) is 5.69 Å². The van der Waals surface area contributed by atoms with Crippen LogP contribution in [0.5, 0.6) is 0 Å². The number of hydrogen-bond donors (Lipinski definition) is 2. The van der Waals surface area contributed by atoms with Gasteiger partial charge in [-0.1, -0.05) is 6.92 Å². The van der Waals surface area contributed by atoms with Crippen molar-refractivity contribution in [3.05, 3.63) is 29.3 Å². The molecular weight excluding hydrogens is 192 g/mol. The number of benzene rings is 1. The quantitative estimate of drug-likeness (QED) is 0.722. The van der Waals surface area contributed by atoms with Crippen LogP contribution in [-0.4, -0.2) is 11.8 Å². The van der Waals surface area contributed by atoms with Gasteiger partial charge in [0.15, 0.2) is 0 Å². The molecule has 1 aromatic rings. The number of amides is 2. The summed E-state index contributed by atoms with van der Waals surface area (Å²) in [5, 5.41) is 2.77. The Hall–Kier alpha value is -1.84. The average molecular weight is 204 g/mol. The van der Waals surface area contributed by atoms with E-state index in [-0.39, 0.29) is 11.8 Å². The van der Waals surface area contributed by atoms with E-state index in [0.717, 1.165) is 11.3 Å². The molecule has 1 aromatic carbocycles. The van der Waals surface area contributed by atoms with Crippen molar-refractivity contribution in [2.24, 2.45) is 5.73 Å². The molecule has 0 bridgehead atoms.